The highest BCUT2D eigenvalue weighted by molar-refractivity contribution is 5.87. The molecule has 1 atom stereocenters. The van der Waals surface area contributed by atoms with Crippen LogP contribution >= 0.6 is 0 Å². The number of fused-ring (bicyclic) bond motifs is 1. The SMILES string of the molecule is CNC[C@@H](N)c1c[nH]c2c(N)ncnc12. The first-order valence-corrected chi connectivity index (χ1v) is 4.71. The Kier molecular flexibility index (Phi) is 2.53. The van der Waals surface area contributed by atoms with Gasteiger partial charge in [0.25, 0.3) is 0 Å². The molecule has 6 nitrogen and oxygen atoms in total. The average molecular weight is 206 g/mol. The molecule has 0 bridgehead atoms. The standard InChI is InChI=1S/C9H14N6/c1-12-3-6(10)5-2-13-8-7(5)14-4-15-9(8)11/h2,4,6,12-13H,3,10H2,1H3,(H2,11,14,15)/t6-/m1/s1. The number of nitrogen functional groups attached to an aromatic ring is 1. The number of aromatic nitrogens is 3. The van der Waals surface area contributed by atoms with Crippen LogP contribution in [0.5, 0.6) is 0 Å². The van der Waals surface area contributed by atoms with Crippen LogP contribution in [0.1, 0.15) is 11.6 Å². The maximum Gasteiger partial charge on any atom is 0.151 e. The molecule has 0 radical (unpaired) electrons. The largest absolute Gasteiger partial charge is 0.382 e. The lowest BCUT2D eigenvalue weighted by Gasteiger charge is -2.08. The first-order valence-electron chi connectivity index (χ1n) is 4.71. The van der Waals surface area contributed by atoms with E-state index in [0.29, 0.717) is 12.4 Å². The van der Waals surface area contributed by atoms with Crippen LogP contribution in [0.3, 0.4) is 0 Å². The van der Waals surface area contributed by atoms with Crippen molar-refractivity contribution in [2.45, 2.75) is 6.04 Å². The van der Waals surface area contributed by atoms with Gasteiger partial charge in [-0.3, -0.25) is 0 Å². The normalized spacial score (nSPS) is 13.2. The molecule has 2 aromatic heterocycles. The van der Waals surface area contributed by atoms with Gasteiger partial charge in [-0.05, 0) is 7.05 Å². The molecule has 0 saturated carbocycles. The van der Waals surface area contributed by atoms with Gasteiger partial charge in [0.1, 0.15) is 11.8 Å². The lowest BCUT2D eigenvalue weighted by molar-refractivity contribution is 0.656. The lowest BCUT2D eigenvalue weighted by Crippen LogP contribution is -2.23. The fourth-order valence-corrected chi connectivity index (χ4v) is 1.59. The molecule has 6 heteroatoms. The zero-order chi connectivity index (χ0) is 10.8. The van der Waals surface area contributed by atoms with Crippen LogP contribution < -0.4 is 16.8 Å². The van der Waals surface area contributed by atoms with Crippen molar-refractivity contribution >= 4 is 16.9 Å². The highest BCUT2D eigenvalue weighted by Crippen LogP contribution is 2.22. The van der Waals surface area contributed by atoms with E-state index in [-0.39, 0.29) is 6.04 Å². The summed E-state index contributed by atoms with van der Waals surface area (Å²) in [6.07, 6.45) is 3.28. The second-order valence-electron chi connectivity index (χ2n) is 3.39. The zero-order valence-electron chi connectivity index (χ0n) is 8.49. The third-order valence-corrected chi connectivity index (χ3v) is 2.35. The van der Waals surface area contributed by atoms with Gasteiger partial charge in [-0.25, -0.2) is 9.97 Å². The number of aromatic amines is 1. The van der Waals surface area contributed by atoms with Crippen molar-refractivity contribution in [2.75, 3.05) is 19.3 Å². The summed E-state index contributed by atoms with van der Waals surface area (Å²) in [5, 5.41) is 3.02. The van der Waals surface area contributed by atoms with Crippen molar-refractivity contribution in [1.82, 2.24) is 20.3 Å². The maximum atomic E-state index is 5.98. The molecule has 15 heavy (non-hydrogen) atoms. The maximum absolute atomic E-state index is 5.98. The van der Waals surface area contributed by atoms with Crippen molar-refractivity contribution in [2.24, 2.45) is 5.73 Å². The highest BCUT2D eigenvalue weighted by atomic mass is 15.0. The summed E-state index contributed by atoms with van der Waals surface area (Å²) < 4.78 is 0. The van der Waals surface area contributed by atoms with Crippen molar-refractivity contribution in [3.63, 3.8) is 0 Å². The van der Waals surface area contributed by atoms with Gasteiger partial charge in [0, 0.05) is 24.3 Å². The summed E-state index contributed by atoms with van der Waals surface area (Å²) >= 11 is 0. The molecule has 0 amide bonds. The van der Waals surface area contributed by atoms with Gasteiger partial charge in [0.05, 0.1) is 5.52 Å². The van der Waals surface area contributed by atoms with Crippen LogP contribution in [0.4, 0.5) is 5.82 Å². The van der Waals surface area contributed by atoms with Crippen LogP contribution in [0.2, 0.25) is 0 Å². The number of likely N-dealkylation sites (N-methyl/N-ethyl adjacent to an activating group) is 1. The van der Waals surface area contributed by atoms with E-state index >= 15 is 0 Å². The topological polar surface area (TPSA) is 106 Å². The summed E-state index contributed by atoms with van der Waals surface area (Å²) in [6.45, 7) is 0.691. The number of nitrogens with one attached hydrogen (secondary N) is 2. The van der Waals surface area contributed by atoms with Crippen LogP contribution in [-0.4, -0.2) is 28.5 Å². The van der Waals surface area contributed by atoms with Gasteiger partial charge in [0.15, 0.2) is 5.82 Å². The molecule has 80 valence electrons. The van der Waals surface area contributed by atoms with E-state index in [2.05, 4.69) is 20.3 Å². The summed E-state index contributed by atoms with van der Waals surface area (Å²) in [5.74, 6) is 0.447. The molecule has 0 spiro atoms. The minimum Gasteiger partial charge on any atom is -0.382 e. The van der Waals surface area contributed by atoms with Crippen molar-refractivity contribution in [1.29, 1.82) is 0 Å². The van der Waals surface area contributed by atoms with Crippen molar-refractivity contribution in [3.05, 3.63) is 18.1 Å². The lowest BCUT2D eigenvalue weighted by atomic mass is 10.1. The van der Waals surface area contributed by atoms with Gasteiger partial charge in [0.2, 0.25) is 0 Å². The number of hydrogen-bond acceptors (Lipinski definition) is 5. The van der Waals surface area contributed by atoms with Gasteiger partial charge >= 0.3 is 0 Å². The zero-order valence-corrected chi connectivity index (χ0v) is 8.49. The molecule has 0 aliphatic carbocycles. The molecule has 0 unspecified atom stereocenters. The van der Waals surface area contributed by atoms with Crippen LogP contribution in [0, 0.1) is 0 Å². The van der Waals surface area contributed by atoms with E-state index in [0.717, 1.165) is 16.6 Å². The van der Waals surface area contributed by atoms with E-state index in [1.807, 2.05) is 13.2 Å². The number of anilines is 1. The molecule has 2 rings (SSSR count). The summed E-state index contributed by atoms with van der Waals surface area (Å²) in [7, 11) is 1.86. The smallest absolute Gasteiger partial charge is 0.151 e. The Morgan fingerprint density at radius 2 is 2.33 bits per heavy atom. The predicted octanol–water partition coefficient (Wildman–Crippen LogP) is -0.241. The number of rotatable bonds is 3. The Hall–Kier alpha value is -1.66. The average Bonchev–Trinajstić information content (AvgIpc) is 2.63. The highest BCUT2D eigenvalue weighted by Gasteiger charge is 2.13. The third-order valence-electron chi connectivity index (χ3n) is 2.35. The predicted molar refractivity (Wildman–Crippen MR) is 59.2 cm³/mol. The molecule has 0 fully saturated rings. The monoisotopic (exact) mass is 206 g/mol. The molecule has 0 aromatic carbocycles. The van der Waals surface area contributed by atoms with E-state index in [1.165, 1.54) is 6.33 Å². The van der Waals surface area contributed by atoms with Crippen LogP contribution in [0.15, 0.2) is 12.5 Å². The van der Waals surface area contributed by atoms with E-state index in [9.17, 15) is 0 Å². The minimum atomic E-state index is -0.0990. The second kappa shape index (κ2) is 3.84. The molecular weight excluding hydrogens is 192 g/mol. The number of H-pyrrole nitrogens is 1. The number of nitrogens with two attached hydrogens (primary N) is 2. The molecule has 0 saturated heterocycles. The molecule has 0 aliphatic rings. The molecule has 2 aromatic rings. The Morgan fingerprint density at radius 1 is 1.53 bits per heavy atom. The summed E-state index contributed by atoms with van der Waals surface area (Å²) in [5.41, 5.74) is 14.2. The Bertz CT molecular complexity index is 463. The molecule has 2 heterocycles. The molecule has 6 N–H and O–H groups in total. The van der Waals surface area contributed by atoms with Gasteiger partial charge in [-0.1, -0.05) is 0 Å². The summed E-state index contributed by atoms with van der Waals surface area (Å²) in [6, 6.07) is -0.0990. The number of hydrogen-bond donors (Lipinski definition) is 4. The third kappa shape index (κ3) is 1.64. The van der Waals surface area contributed by atoms with Gasteiger partial charge < -0.3 is 21.8 Å². The fourth-order valence-electron chi connectivity index (χ4n) is 1.59. The Morgan fingerprint density at radius 3 is 3.07 bits per heavy atom. The van der Waals surface area contributed by atoms with E-state index in [1.54, 1.807) is 0 Å². The molecular formula is C9H14N6. The summed E-state index contributed by atoms with van der Waals surface area (Å²) in [4.78, 5) is 11.1. The van der Waals surface area contributed by atoms with Gasteiger partial charge in [-0.2, -0.15) is 0 Å². The van der Waals surface area contributed by atoms with Crippen LogP contribution in [0.25, 0.3) is 11.0 Å². The minimum absolute atomic E-state index is 0.0990. The van der Waals surface area contributed by atoms with Gasteiger partial charge in [-0.15, -0.1) is 0 Å². The van der Waals surface area contributed by atoms with Crippen LogP contribution in [-0.2, 0) is 0 Å². The van der Waals surface area contributed by atoms with E-state index in [4.69, 9.17) is 11.5 Å². The Balaban J connectivity index is 2.49. The Labute approximate surface area is 87.1 Å². The second-order valence-corrected chi connectivity index (χ2v) is 3.39. The van der Waals surface area contributed by atoms with Crippen molar-refractivity contribution in [3.8, 4) is 0 Å². The van der Waals surface area contributed by atoms with E-state index < -0.39 is 0 Å². The fraction of sp³-hybridized carbons (Fsp3) is 0.333. The first-order chi connectivity index (χ1) is 7.24. The quantitative estimate of drug-likeness (QED) is 0.554. The number of nitrogens with zero attached hydrogens (tertiary/aromatic N) is 2. The molecule has 0 aliphatic heterocycles. The van der Waals surface area contributed by atoms with Crippen molar-refractivity contribution < 1.29 is 0 Å². The first kappa shape index (κ1) is 9.88.